The van der Waals surface area contributed by atoms with Crippen LogP contribution in [0.25, 0.3) is 17.0 Å². The van der Waals surface area contributed by atoms with E-state index in [-0.39, 0.29) is 10.6 Å². The molecule has 0 saturated carbocycles. The third-order valence-corrected chi connectivity index (χ3v) is 5.33. The highest BCUT2D eigenvalue weighted by atomic mass is 35.5. The summed E-state index contributed by atoms with van der Waals surface area (Å²) in [7, 11) is 1.87. The van der Waals surface area contributed by atoms with Crippen LogP contribution in [0.3, 0.4) is 0 Å². The van der Waals surface area contributed by atoms with E-state index in [9.17, 15) is 4.79 Å². The molecule has 1 fully saturated rings. The third-order valence-electron chi connectivity index (χ3n) is 4.98. The van der Waals surface area contributed by atoms with Gasteiger partial charge in [-0.25, -0.2) is 4.98 Å². The summed E-state index contributed by atoms with van der Waals surface area (Å²) in [5, 5.41) is 4.56. The molecular weight excluding hydrogens is 338 g/mol. The molecule has 0 atom stereocenters. The van der Waals surface area contributed by atoms with Crippen molar-refractivity contribution in [1.82, 2.24) is 19.3 Å². The molecule has 7 heteroatoms. The standard InChI is InChI=1S/C18H20ClN5O/c1-12-7-9-23(10-8-12)15-11-20-24(17(25)16(15)19)18-21-13-5-3-4-6-14(13)22(18)2/h3-6,11-12H,7-10H2,1-2H3. The van der Waals surface area contributed by atoms with Crippen molar-refractivity contribution >= 4 is 28.3 Å². The summed E-state index contributed by atoms with van der Waals surface area (Å²) in [4.78, 5) is 19.5. The zero-order chi connectivity index (χ0) is 17.6. The number of benzene rings is 1. The Labute approximate surface area is 150 Å². The molecule has 0 radical (unpaired) electrons. The van der Waals surface area contributed by atoms with E-state index >= 15 is 0 Å². The fourth-order valence-electron chi connectivity index (χ4n) is 3.36. The Balaban J connectivity index is 1.78. The van der Waals surface area contributed by atoms with Crippen molar-refractivity contribution in [2.24, 2.45) is 13.0 Å². The van der Waals surface area contributed by atoms with Gasteiger partial charge in [0.2, 0.25) is 5.95 Å². The summed E-state index contributed by atoms with van der Waals surface area (Å²) in [6.45, 7) is 4.05. The first-order valence-corrected chi connectivity index (χ1v) is 8.88. The SMILES string of the molecule is CC1CCN(c2cnn(-c3nc4ccccc4n3C)c(=O)c2Cl)CC1. The molecule has 1 aliphatic rings. The molecule has 1 aliphatic heterocycles. The van der Waals surface area contributed by atoms with Crippen molar-refractivity contribution in [3.63, 3.8) is 0 Å². The Kier molecular flexibility index (Phi) is 4.00. The van der Waals surface area contributed by atoms with Gasteiger partial charge in [0.1, 0.15) is 5.02 Å². The monoisotopic (exact) mass is 357 g/mol. The average Bonchev–Trinajstić information content (AvgIpc) is 2.95. The van der Waals surface area contributed by atoms with Crippen LogP contribution >= 0.6 is 11.6 Å². The normalized spacial score (nSPS) is 15.9. The van der Waals surface area contributed by atoms with Crippen molar-refractivity contribution < 1.29 is 0 Å². The molecule has 3 heterocycles. The second-order valence-electron chi connectivity index (χ2n) is 6.69. The lowest BCUT2D eigenvalue weighted by molar-refractivity contribution is 0.438. The van der Waals surface area contributed by atoms with E-state index in [1.807, 2.05) is 35.9 Å². The maximum Gasteiger partial charge on any atom is 0.295 e. The van der Waals surface area contributed by atoms with Crippen LogP contribution in [0.5, 0.6) is 0 Å². The second-order valence-corrected chi connectivity index (χ2v) is 7.07. The van der Waals surface area contributed by atoms with Crippen molar-refractivity contribution in [3.05, 3.63) is 45.8 Å². The number of para-hydroxylation sites is 2. The van der Waals surface area contributed by atoms with Gasteiger partial charge in [-0.2, -0.15) is 9.78 Å². The van der Waals surface area contributed by atoms with Gasteiger partial charge < -0.3 is 9.47 Å². The largest absolute Gasteiger partial charge is 0.369 e. The number of anilines is 1. The zero-order valence-electron chi connectivity index (χ0n) is 14.3. The fraction of sp³-hybridized carbons (Fsp3) is 0.389. The molecule has 0 bridgehead atoms. The molecule has 130 valence electrons. The molecule has 0 N–H and O–H groups in total. The number of rotatable bonds is 2. The molecule has 4 rings (SSSR count). The molecule has 0 amide bonds. The van der Waals surface area contributed by atoms with Gasteiger partial charge in [0.15, 0.2) is 0 Å². The Bertz CT molecular complexity index is 985. The molecule has 0 spiro atoms. The van der Waals surface area contributed by atoms with Gasteiger partial charge in [0, 0.05) is 20.1 Å². The summed E-state index contributed by atoms with van der Waals surface area (Å²) in [5.74, 6) is 1.18. The van der Waals surface area contributed by atoms with E-state index in [4.69, 9.17) is 11.6 Å². The van der Waals surface area contributed by atoms with E-state index in [1.165, 1.54) is 4.68 Å². The Hall–Kier alpha value is -2.34. The number of aryl methyl sites for hydroxylation is 1. The molecular formula is C18H20ClN5O. The van der Waals surface area contributed by atoms with Crippen molar-refractivity contribution in [3.8, 4) is 5.95 Å². The third kappa shape index (κ3) is 2.70. The molecule has 0 aliphatic carbocycles. The van der Waals surface area contributed by atoms with Gasteiger partial charge in [-0.3, -0.25) is 4.79 Å². The first-order chi connectivity index (χ1) is 12.1. The van der Waals surface area contributed by atoms with Gasteiger partial charge in [-0.05, 0) is 30.9 Å². The van der Waals surface area contributed by atoms with Gasteiger partial charge in [-0.1, -0.05) is 30.7 Å². The van der Waals surface area contributed by atoms with Crippen molar-refractivity contribution in [2.75, 3.05) is 18.0 Å². The molecule has 1 saturated heterocycles. The quantitative estimate of drug-likeness (QED) is 0.707. The lowest BCUT2D eigenvalue weighted by Crippen LogP contribution is -2.35. The number of fused-ring (bicyclic) bond motifs is 1. The fourth-order valence-corrected chi connectivity index (χ4v) is 3.61. The van der Waals surface area contributed by atoms with Gasteiger partial charge >= 0.3 is 0 Å². The van der Waals surface area contributed by atoms with E-state index in [1.54, 1.807) is 6.20 Å². The van der Waals surface area contributed by atoms with Gasteiger partial charge in [-0.15, -0.1) is 0 Å². The average molecular weight is 358 g/mol. The summed E-state index contributed by atoms with van der Waals surface area (Å²) in [6.07, 6.45) is 3.88. The van der Waals surface area contributed by atoms with Crippen LogP contribution in [0.2, 0.25) is 5.02 Å². The minimum Gasteiger partial charge on any atom is -0.369 e. The van der Waals surface area contributed by atoms with Crippen LogP contribution in [-0.2, 0) is 7.05 Å². The van der Waals surface area contributed by atoms with Gasteiger partial charge in [0.25, 0.3) is 5.56 Å². The summed E-state index contributed by atoms with van der Waals surface area (Å²) in [5.41, 5.74) is 2.14. The highest BCUT2D eigenvalue weighted by Gasteiger charge is 2.22. The molecule has 3 aromatic rings. The minimum absolute atomic E-state index is 0.205. The number of nitrogens with zero attached hydrogens (tertiary/aromatic N) is 5. The number of piperidine rings is 1. The van der Waals surface area contributed by atoms with E-state index < -0.39 is 0 Å². The second kappa shape index (κ2) is 6.19. The number of aromatic nitrogens is 4. The van der Waals surface area contributed by atoms with Crippen LogP contribution in [-0.4, -0.2) is 32.4 Å². The zero-order valence-corrected chi connectivity index (χ0v) is 15.1. The van der Waals surface area contributed by atoms with Crippen LogP contribution in [0.4, 0.5) is 5.69 Å². The van der Waals surface area contributed by atoms with Crippen LogP contribution in [0, 0.1) is 5.92 Å². The minimum atomic E-state index is -0.337. The van der Waals surface area contributed by atoms with Crippen LogP contribution in [0.15, 0.2) is 35.3 Å². The van der Waals surface area contributed by atoms with Crippen molar-refractivity contribution in [2.45, 2.75) is 19.8 Å². The Morgan fingerprint density at radius 1 is 1.20 bits per heavy atom. The maximum atomic E-state index is 12.8. The van der Waals surface area contributed by atoms with Crippen LogP contribution in [0.1, 0.15) is 19.8 Å². The molecule has 0 unspecified atom stereocenters. The number of imidazole rings is 1. The molecule has 2 aromatic heterocycles. The smallest absolute Gasteiger partial charge is 0.295 e. The summed E-state index contributed by atoms with van der Waals surface area (Å²) in [6, 6.07) is 7.73. The molecule has 6 nitrogen and oxygen atoms in total. The van der Waals surface area contributed by atoms with Crippen molar-refractivity contribution in [1.29, 1.82) is 0 Å². The Morgan fingerprint density at radius 2 is 1.92 bits per heavy atom. The Morgan fingerprint density at radius 3 is 2.64 bits per heavy atom. The molecule has 1 aromatic carbocycles. The van der Waals surface area contributed by atoms with Crippen LogP contribution < -0.4 is 10.5 Å². The maximum absolute atomic E-state index is 12.8. The summed E-state index contributed by atoms with van der Waals surface area (Å²) >= 11 is 6.42. The molecule has 25 heavy (non-hydrogen) atoms. The lowest BCUT2D eigenvalue weighted by atomic mass is 9.99. The summed E-state index contributed by atoms with van der Waals surface area (Å²) < 4.78 is 3.13. The van der Waals surface area contributed by atoms with E-state index in [0.29, 0.717) is 17.6 Å². The number of hydrogen-bond donors (Lipinski definition) is 0. The number of hydrogen-bond acceptors (Lipinski definition) is 4. The predicted molar refractivity (Wildman–Crippen MR) is 99.7 cm³/mol. The lowest BCUT2D eigenvalue weighted by Gasteiger charge is -2.32. The first-order valence-electron chi connectivity index (χ1n) is 8.51. The van der Waals surface area contributed by atoms with Gasteiger partial charge in [0.05, 0.1) is 22.9 Å². The topological polar surface area (TPSA) is 56.0 Å². The number of halogens is 1. The highest BCUT2D eigenvalue weighted by molar-refractivity contribution is 6.33. The van der Waals surface area contributed by atoms with E-state index in [0.717, 1.165) is 37.0 Å². The predicted octanol–water partition coefficient (Wildman–Crippen LogP) is 3.01. The highest BCUT2D eigenvalue weighted by Crippen LogP contribution is 2.27. The van der Waals surface area contributed by atoms with E-state index in [2.05, 4.69) is 21.9 Å². The first kappa shape index (κ1) is 16.1.